The SMILES string of the molecule is CCc1nc(C(N)=O)c(Nc2ccc(N3CCCCC3)cc2)nc1N1CCNCC1. The lowest BCUT2D eigenvalue weighted by atomic mass is 10.1. The normalized spacial score (nSPS) is 17.1. The number of piperidine rings is 1. The quantitative estimate of drug-likeness (QED) is 0.673. The minimum Gasteiger partial charge on any atom is -0.372 e. The number of primary amides is 1. The summed E-state index contributed by atoms with van der Waals surface area (Å²) in [7, 11) is 0. The van der Waals surface area contributed by atoms with Gasteiger partial charge in [-0.15, -0.1) is 0 Å². The van der Waals surface area contributed by atoms with E-state index in [0.29, 0.717) is 12.2 Å². The van der Waals surface area contributed by atoms with E-state index in [4.69, 9.17) is 10.7 Å². The van der Waals surface area contributed by atoms with Crippen molar-refractivity contribution in [2.75, 3.05) is 54.4 Å². The first kappa shape index (κ1) is 20.4. The van der Waals surface area contributed by atoms with Gasteiger partial charge in [-0.1, -0.05) is 6.92 Å². The summed E-state index contributed by atoms with van der Waals surface area (Å²) < 4.78 is 0. The number of piperazine rings is 1. The largest absolute Gasteiger partial charge is 0.372 e. The van der Waals surface area contributed by atoms with Crippen LogP contribution in [0.15, 0.2) is 24.3 Å². The van der Waals surface area contributed by atoms with Crippen LogP contribution in [0.4, 0.5) is 23.0 Å². The number of hydrogen-bond acceptors (Lipinski definition) is 7. The molecule has 1 amide bonds. The maximum Gasteiger partial charge on any atom is 0.271 e. The van der Waals surface area contributed by atoms with Gasteiger partial charge in [0.1, 0.15) is 0 Å². The van der Waals surface area contributed by atoms with Crippen molar-refractivity contribution in [2.24, 2.45) is 5.73 Å². The van der Waals surface area contributed by atoms with Gasteiger partial charge in [0.25, 0.3) is 5.91 Å². The van der Waals surface area contributed by atoms with Gasteiger partial charge in [0.05, 0.1) is 5.69 Å². The topological polar surface area (TPSA) is 99.4 Å². The molecule has 0 bridgehead atoms. The van der Waals surface area contributed by atoms with Crippen molar-refractivity contribution in [1.82, 2.24) is 15.3 Å². The second kappa shape index (κ2) is 9.30. The Bertz CT molecular complexity index is 872. The highest BCUT2D eigenvalue weighted by atomic mass is 16.1. The summed E-state index contributed by atoms with van der Waals surface area (Å²) >= 11 is 0. The molecule has 2 aliphatic heterocycles. The first-order chi connectivity index (χ1) is 14.7. The van der Waals surface area contributed by atoms with E-state index in [1.807, 2.05) is 19.1 Å². The zero-order chi connectivity index (χ0) is 20.9. The van der Waals surface area contributed by atoms with Crippen molar-refractivity contribution < 1.29 is 4.79 Å². The fraction of sp³-hybridized carbons (Fsp3) is 0.500. The summed E-state index contributed by atoms with van der Waals surface area (Å²) in [5, 5.41) is 6.63. The monoisotopic (exact) mass is 409 g/mol. The fourth-order valence-electron chi connectivity index (χ4n) is 4.13. The average Bonchev–Trinajstić information content (AvgIpc) is 2.80. The maximum absolute atomic E-state index is 12.1. The van der Waals surface area contributed by atoms with Crippen LogP contribution in [0.5, 0.6) is 0 Å². The number of hydrogen-bond donors (Lipinski definition) is 3. The molecule has 2 aromatic rings. The summed E-state index contributed by atoms with van der Waals surface area (Å²) in [6, 6.07) is 8.27. The molecular formula is C22H31N7O. The van der Waals surface area contributed by atoms with E-state index in [0.717, 1.165) is 56.5 Å². The van der Waals surface area contributed by atoms with Gasteiger partial charge in [-0.3, -0.25) is 4.79 Å². The molecule has 4 rings (SSSR count). The summed E-state index contributed by atoms with van der Waals surface area (Å²) in [5.74, 6) is 0.673. The molecule has 0 unspecified atom stereocenters. The van der Waals surface area contributed by atoms with E-state index < -0.39 is 5.91 Å². The van der Waals surface area contributed by atoms with Crippen LogP contribution in [-0.4, -0.2) is 55.1 Å². The lowest BCUT2D eigenvalue weighted by Gasteiger charge is -2.30. The van der Waals surface area contributed by atoms with Gasteiger partial charge in [0, 0.05) is 50.6 Å². The van der Waals surface area contributed by atoms with Crippen LogP contribution in [-0.2, 0) is 6.42 Å². The highest BCUT2D eigenvalue weighted by Crippen LogP contribution is 2.27. The Kier molecular flexibility index (Phi) is 6.32. The molecule has 1 aromatic carbocycles. The Morgan fingerprint density at radius 2 is 1.73 bits per heavy atom. The zero-order valence-corrected chi connectivity index (χ0v) is 17.7. The molecule has 0 atom stereocenters. The second-order valence-electron chi connectivity index (χ2n) is 7.87. The van der Waals surface area contributed by atoms with Crippen LogP contribution < -0.4 is 26.2 Å². The van der Waals surface area contributed by atoms with Crippen LogP contribution in [0.1, 0.15) is 42.4 Å². The average molecular weight is 410 g/mol. The van der Waals surface area contributed by atoms with Crippen molar-refractivity contribution in [1.29, 1.82) is 0 Å². The third kappa shape index (κ3) is 4.48. The van der Waals surface area contributed by atoms with Crippen LogP contribution in [0, 0.1) is 0 Å². The fourth-order valence-corrected chi connectivity index (χ4v) is 4.13. The lowest BCUT2D eigenvalue weighted by Crippen LogP contribution is -2.44. The van der Waals surface area contributed by atoms with E-state index in [1.165, 1.54) is 24.9 Å². The third-order valence-electron chi connectivity index (χ3n) is 5.78. The summed E-state index contributed by atoms with van der Waals surface area (Å²) in [6.45, 7) is 7.77. The summed E-state index contributed by atoms with van der Waals surface area (Å²) in [5.41, 5.74) is 8.71. The number of nitrogens with two attached hydrogens (primary N) is 1. The highest BCUT2D eigenvalue weighted by Gasteiger charge is 2.22. The summed E-state index contributed by atoms with van der Waals surface area (Å²) in [4.78, 5) is 26.1. The molecule has 2 fully saturated rings. The van der Waals surface area contributed by atoms with Crippen molar-refractivity contribution >= 4 is 28.9 Å². The number of anilines is 4. The summed E-state index contributed by atoms with van der Waals surface area (Å²) in [6.07, 6.45) is 4.50. The zero-order valence-electron chi connectivity index (χ0n) is 17.7. The highest BCUT2D eigenvalue weighted by molar-refractivity contribution is 5.96. The van der Waals surface area contributed by atoms with Crippen LogP contribution in [0.2, 0.25) is 0 Å². The Labute approximate surface area is 177 Å². The van der Waals surface area contributed by atoms with E-state index in [2.05, 4.69) is 37.6 Å². The van der Waals surface area contributed by atoms with Crippen LogP contribution in [0.25, 0.3) is 0 Å². The molecule has 4 N–H and O–H groups in total. The van der Waals surface area contributed by atoms with E-state index in [1.54, 1.807) is 0 Å². The van der Waals surface area contributed by atoms with Crippen molar-refractivity contribution in [2.45, 2.75) is 32.6 Å². The first-order valence-electron chi connectivity index (χ1n) is 10.9. The predicted octanol–water partition coefficient (Wildman–Crippen LogP) is 2.28. The molecule has 8 nitrogen and oxygen atoms in total. The minimum atomic E-state index is -0.573. The second-order valence-corrected chi connectivity index (χ2v) is 7.87. The van der Waals surface area contributed by atoms with Gasteiger partial charge >= 0.3 is 0 Å². The van der Waals surface area contributed by atoms with Gasteiger partial charge in [0.15, 0.2) is 17.3 Å². The molecule has 0 aliphatic carbocycles. The number of aryl methyl sites for hydroxylation is 1. The Morgan fingerprint density at radius 1 is 1.03 bits per heavy atom. The van der Waals surface area contributed by atoms with E-state index >= 15 is 0 Å². The molecule has 3 heterocycles. The third-order valence-corrected chi connectivity index (χ3v) is 5.78. The molecule has 8 heteroatoms. The number of carbonyl (C=O) groups is 1. The van der Waals surface area contributed by atoms with Crippen LogP contribution >= 0.6 is 0 Å². The Hall–Kier alpha value is -2.87. The van der Waals surface area contributed by atoms with E-state index in [-0.39, 0.29) is 5.69 Å². The molecule has 160 valence electrons. The molecule has 30 heavy (non-hydrogen) atoms. The maximum atomic E-state index is 12.1. The van der Waals surface area contributed by atoms with Crippen LogP contribution in [0.3, 0.4) is 0 Å². The smallest absolute Gasteiger partial charge is 0.271 e. The molecule has 0 spiro atoms. The molecule has 0 radical (unpaired) electrons. The predicted molar refractivity (Wildman–Crippen MR) is 121 cm³/mol. The van der Waals surface area contributed by atoms with Gasteiger partial charge in [-0.25, -0.2) is 9.97 Å². The molecule has 2 saturated heterocycles. The molecule has 0 saturated carbocycles. The van der Waals surface area contributed by atoms with Gasteiger partial charge in [-0.2, -0.15) is 0 Å². The number of aromatic nitrogens is 2. The van der Waals surface area contributed by atoms with E-state index in [9.17, 15) is 4.79 Å². The number of carbonyl (C=O) groups excluding carboxylic acids is 1. The number of nitrogens with one attached hydrogen (secondary N) is 2. The minimum absolute atomic E-state index is 0.186. The number of amides is 1. The van der Waals surface area contributed by atoms with Crippen molar-refractivity contribution in [3.63, 3.8) is 0 Å². The first-order valence-corrected chi connectivity index (χ1v) is 10.9. The standard InChI is InChI=1S/C22H31N7O/c1-2-18-22(29-14-10-24-11-15-29)27-21(19(26-18)20(23)30)25-16-6-8-17(9-7-16)28-12-4-3-5-13-28/h6-9,24H,2-5,10-15H2,1H3,(H2,23,30)(H,25,27). The molecule has 2 aliphatic rings. The number of benzene rings is 1. The Balaban J connectivity index is 1.60. The number of nitrogens with zero attached hydrogens (tertiary/aromatic N) is 4. The van der Waals surface area contributed by atoms with Crippen molar-refractivity contribution in [3.8, 4) is 0 Å². The number of rotatable bonds is 6. The van der Waals surface area contributed by atoms with Gasteiger partial charge in [0.2, 0.25) is 0 Å². The molecular weight excluding hydrogens is 378 g/mol. The van der Waals surface area contributed by atoms with Gasteiger partial charge < -0.3 is 26.2 Å². The molecule has 1 aromatic heterocycles. The van der Waals surface area contributed by atoms with Crippen molar-refractivity contribution in [3.05, 3.63) is 35.7 Å². The Morgan fingerprint density at radius 3 is 2.37 bits per heavy atom. The lowest BCUT2D eigenvalue weighted by molar-refractivity contribution is 0.0996. The van der Waals surface area contributed by atoms with Gasteiger partial charge in [-0.05, 0) is 49.9 Å².